The second kappa shape index (κ2) is 5.73. The van der Waals surface area contributed by atoms with Crippen molar-refractivity contribution < 1.29 is 14.4 Å². The molecule has 0 aromatic carbocycles. The van der Waals surface area contributed by atoms with Gasteiger partial charge < -0.3 is 9.63 Å². The van der Waals surface area contributed by atoms with Gasteiger partial charge in [-0.2, -0.15) is 0 Å². The SMILES string of the molecule is O=C(O)C=CCCOP. The molecular weight excluding hydrogens is 139 g/mol. The van der Waals surface area contributed by atoms with E-state index in [0.717, 1.165) is 6.08 Å². The molecule has 3 nitrogen and oxygen atoms in total. The molecule has 0 aliphatic rings. The fraction of sp³-hybridized carbons (Fsp3) is 0.400. The van der Waals surface area contributed by atoms with E-state index >= 15 is 0 Å². The Balaban J connectivity index is 3.15. The van der Waals surface area contributed by atoms with Gasteiger partial charge in [0.25, 0.3) is 0 Å². The quantitative estimate of drug-likeness (QED) is 0.364. The molecule has 0 radical (unpaired) electrons. The van der Waals surface area contributed by atoms with Gasteiger partial charge in [-0.15, -0.1) is 0 Å². The molecule has 0 saturated carbocycles. The third-order valence-electron chi connectivity index (χ3n) is 0.663. The molecule has 1 unspecified atom stereocenters. The van der Waals surface area contributed by atoms with Crippen LogP contribution in [0.3, 0.4) is 0 Å². The summed E-state index contributed by atoms with van der Waals surface area (Å²) in [6.07, 6.45) is 3.28. The summed E-state index contributed by atoms with van der Waals surface area (Å²) in [5.74, 6) is -0.918. The van der Waals surface area contributed by atoms with Gasteiger partial charge in [-0.3, -0.25) is 0 Å². The molecule has 0 heterocycles. The second-order valence-electron chi connectivity index (χ2n) is 1.40. The van der Waals surface area contributed by atoms with Crippen molar-refractivity contribution in [3.63, 3.8) is 0 Å². The van der Waals surface area contributed by atoms with Gasteiger partial charge in [0, 0.05) is 15.5 Å². The van der Waals surface area contributed by atoms with Crippen molar-refractivity contribution in [1.29, 1.82) is 0 Å². The Hall–Kier alpha value is -0.400. The first-order valence-electron chi connectivity index (χ1n) is 2.48. The monoisotopic (exact) mass is 148 g/mol. The Morgan fingerprint density at radius 2 is 2.44 bits per heavy atom. The fourth-order valence-corrected chi connectivity index (χ4v) is 0.456. The molecule has 0 bridgehead atoms. The second-order valence-corrected chi connectivity index (χ2v) is 1.73. The number of carboxylic acids is 1. The Morgan fingerprint density at radius 1 is 1.78 bits per heavy atom. The minimum atomic E-state index is -0.918. The van der Waals surface area contributed by atoms with Crippen LogP contribution in [0.2, 0.25) is 0 Å². The van der Waals surface area contributed by atoms with Crippen LogP contribution in [0.4, 0.5) is 0 Å². The van der Waals surface area contributed by atoms with Crippen LogP contribution < -0.4 is 0 Å². The molecule has 0 fully saturated rings. The van der Waals surface area contributed by atoms with E-state index in [4.69, 9.17) is 5.11 Å². The van der Waals surface area contributed by atoms with E-state index in [0.29, 0.717) is 13.0 Å². The maximum atomic E-state index is 9.83. The average Bonchev–Trinajstić information content (AvgIpc) is 1.80. The number of hydrogen-bond donors (Lipinski definition) is 1. The smallest absolute Gasteiger partial charge is 0.327 e. The number of carboxylic acid groups (broad SMARTS) is 1. The van der Waals surface area contributed by atoms with Crippen LogP contribution in [0, 0.1) is 0 Å². The number of carbonyl (C=O) groups is 1. The molecule has 0 aliphatic carbocycles. The van der Waals surface area contributed by atoms with E-state index in [1.54, 1.807) is 6.08 Å². The molecule has 0 aromatic rings. The van der Waals surface area contributed by atoms with E-state index in [1.807, 2.05) is 0 Å². The molecule has 0 spiro atoms. The molecular formula is C5H9O3P. The summed E-state index contributed by atoms with van der Waals surface area (Å²) in [5.41, 5.74) is 0. The van der Waals surface area contributed by atoms with E-state index < -0.39 is 5.97 Å². The van der Waals surface area contributed by atoms with Crippen molar-refractivity contribution in [2.24, 2.45) is 0 Å². The van der Waals surface area contributed by atoms with Crippen molar-refractivity contribution in [1.82, 2.24) is 0 Å². The topological polar surface area (TPSA) is 46.5 Å². The van der Waals surface area contributed by atoms with Crippen LogP contribution in [0.5, 0.6) is 0 Å². The van der Waals surface area contributed by atoms with Crippen molar-refractivity contribution in [2.75, 3.05) is 6.61 Å². The van der Waals surface area contributed by atoms with Crippen LogP contribution >= 0.6 is 9.47 Å². The van der Waals surface area contributed by atoms with Crippen LogP contribution in [0.25, 0.3) is 0 Å². The zero-order valence-electron chi connectivity index (χ0n) is 4.91. The normalized spacial score (nSPS) is 10.3. The number of hydrogen-bond acceptors (Lipinski definition) is 2. The standard InChI is InChI=1S/C5H9O3P/c6-5(7)3-1-2-4-8-9/h1,3H,2,4,9H2,(H,6,7). The zero-order valence-corrected chi connectivity index (χ0v) is 6.06. The third-order valence-corrected chi connectivity index (χ3v) is 0.898. The Bertz CT molecular complexity index is 111. The van der Waals surface area contributed by atoms with Gasteiger partial charge in [0.2, 0.25) is 0 Å². The molecule has 1 N–H and O–H groups in total. The van der Waals surface area contributed by atoms with Gasteiger partial charge in [0.1, 0.15) is 0 Å². The molecule has 0 aliphatic heterocycles. The van der Waals surface area contributed by atoms with E-state index in [-0.39, 0.29) is 0 Å². The van der Waals surface area contributed by atoms with Crippen LogP contribution in [0.15, 0.2) is 12.2 Å². The Kier molecular flexibility index (Phi) is 5.48. The van der Waals surface area contributed by atoms with E-state index in [1.165, 1.54) is 0 Å². The van der Waals surface area contributed by atoms with Gasteiger partial charge >= 0.3 is 5.97 Å². The van der Waals surface area contributed by atoms with Crippen molar-refractivity contribution >= 4 is 15.4 Å². The molecule has 0 amide bonds. The lowest BCUT2D eigenvalue weighted by molar-refractivity contribution is -0.131. The first kappa shape index (κ1) is 8.60. The van der Waals surface area contributed by atoms with Crippen LogP contribution in [0.1, 0.15) is 6.42 Å². The summed E-state index contributed by atoms with van der Waals surface area (Å²) in [6.45, 7) is 0.536. The summed E-state index contributed by atoms with van der Waals surface area (Å²) < 4.78 is 4.60. The predicted octanol–water partition coefficient (Wildman–Crippen LogP) is 0.824. The Labute approximate surface area is 56.0 Å². The zero-order chi connectivity index (χ0) is 7.11. The lowest BCUT2D eigenvalue weighted by atomic mass is 10.4. The lowest BCUT2D eigenvalue weighted by Gasteiger charge is -1.87. The predicted molar refractivity (Wildman–Crippen MR) is 37.1 cm³/mol. The van der Waals surface area contributed by atoms with Crippen molar-refractivity contribution in [3.05, 3.63) is 12.2 Å². The molecule has 0 aromatic heterocycles. The van der Waals surface area contributed by atoms with Gasteiger partial charge in [0.05, 0.1) is 6.61 Å². The van der Waals surface area contributed by atoms with Crippen LogP contribution in [-0.2, 0) is 9.32 Å². The minimum Gasteiger partial charge on any atom is -0.478 e. The molecule has 52 valence electrons. The van der Waals surface area contributed by atoms with Gasteiger partial charge in [-0.05, 0) is 6.42 Å². The molecule has 1 atom stereocenters. The molecule has 9 heavy (non-hydrogen) atoms. The van der Waals surface area contributed by atoms with Crippen LogP contribution in [-0.4, -0.2) is 17.7 Å². The molecule has 4 heteroatoms. The van der Waals surface area contributed by atoms with Crippen molar-refractivity contribution in [3.8, 4) is 0 Å². The average molecular weight is 148 g/mol. The highest BCUT2D eigenvalue weighted by atomic mass is 31.0. The highest BCUT2D eigenvalue weighted by Crippen LogP contribution is 1.89. The van der Waals surface area contributed by atoms with Gasteiger partial charge in [0.15, 0.2) is 0 Å². The van der Waals surface area contributed by atoms with E-state index in [9.17, 15) is 4.79 Å². The maximum absolute atomic E-state index is 9.83. The first-order valence-corrected chi connectivity index (χ1v) is 2.95. The van der Waals surface area contributed by atoms with E-state index in [2.05, 4.69) is 14.0 Å². The van der Waals surface area contributed by atoms with Crippen molar-refractivity contribution in [2.45, 2.75) is 6.42 Å². The highest BCUT2D eigenvalue weighted by molar-refractivity contribution is 7.09. The molecule has 0 rings (SSSR count). The summed E-state index contributed by atoms with van der Waals surface area (Å²) in [5, 5.41) is 8.08. The first-order chi connectivity index (χ1) is 4.27. The van der Waals surface area contributed by atoms with Gasteiger partial charge in [-0.25, -0.2) is 4.79 Å². The summed E-state index contributed by atoms with van der Waals surface area (Å²) in [6, 6.07) is 0. The Morgan fingerprint density at radius 3 is 2.89 bits per heavy atom. The summed E-state index contributed by atoms with van der Waals surface area (Å²) >= 11 is 0. The van der Waals surface area contributed by atoms with Gasteiger partial charge in [-0.1, -0.05) is 6.08 Å². The highest BCUT2D eigenvalue weighted by Gasteiger charge is 1.83. The molecule has 0 saturated heterocycles. The maximum Gasteiger partial charge on any atom is 0.327 e. The number of aliphatic carboxylic acids is 1. The summed E-state index contributed by atoms with van der Waals surface area (Å²) in [4.78, 5) is 9.83. The third kappa shape index (κ3) is 7.60. The number of rotatable bonds is 4. The minimum absolute atomic E-state index is 0.536. The largest absolute Gasteiger partial charge is 0.478 e. The summed E-state index contributed by atoms with van der Waals surface area (Å²) in [7, 11) is 2.09. The fourth-order valence-electron chi connectivity index (χ4n) is 0.320. The lowest BCUT2D eigenvalue weighted by Crippen LogP contribution is -1.86.